The average molecular weight is 274 g/mol. The largest absolute Gasteiger partial charge is 0.493 e. The summed E-state index contributed by atoms with van der Waals surface area (Å²) in [5.74, 6) is -0.456. The van der Waals surface area contributed by atoms with E-state index in [4.69, 9.17) is 9.84 Å². The number of hydrogen-bond donors (Lipinski definition) is 1. The SMILES string of the molecule is O=C(O)/C=C/c1c(OCCCF)ccc2ccccc12. The fourth-order valence-corrected chi connectivity index (χ4v) is 1.96. The van der Waals surface area contributed by atoms with Gasteiger partial charge in [0.05, 0.1) is 13.3 Å². The molecule has 1 N–H and O–H groups in total. The summed E-state index contributed by atoms with van der Waals surface area (Å²) in [6.45, 7) is -0.170. The Bertz CT molecular complexity index is 635. The van der Waals surface area contributed by atoms with Crippen LogP contribution in [0.5, 0.6) is 5.75 Å². The Morgan fingerprint density at radius 1 is 1.25 bits per heavy atom. The second-order valence-electron chi connectivity index (χ2n) is 4.26. The third-order valence-electron chi connectivity index (χ3n) is 2.86. The number of rotatable bonds is 6. The summed E-state index contributed by atoms with van der Waals surface area (Å²) in [4.78, 5) is 10.7. The maximum atomic E-state index is 12.1. The molecule has 0 saturated heterocycles. The molecule has 0 fully saturated rings. The lowest BCUT2D eigenvalue weighted by molar-refractivity contribution is -0.131. The molecule has 3 nitrogen and oxygen atoms in total. The van der Waals surface area contributed by atoms with E-state index in [1.807, 2.05) is 30.3 Å². The van der Waals surface area contributed by atoms with Crippen LogP contribution in [0.1, 0.15) is 12.0 Å². The van der Waals surface area contributed by atoms with E-state index < -0.39 is 12.6 Å². The standard InChI is InChI=1S/C16H15FO3/c17-10-3-11-20-15-8-6-12-4-1-2-5-13(12)14(15)7-9-16(18)19/h1-2,4-9H,3,10-11H2,(H,18,19)/b9-7+. The first-order chi connectivity index (χ1) is 9.72. The van der Waals surface area contributed by atoms with Crippen LogP contribution in [-0.2, 0) is 4.79 Å². The molecule has 0 unspecified atom stereocenters. The predicted octanol–water partition coefficient (Wildman–Crippen LogP) is 3.68. The van der Waals surface area contributed by atoms with Gasteiger partial charge in [-0.3, -0.25) is 4.39 Å². The van der Waals surface area contributed by atoms with Crippen molar-refractivity contribution in [2.75, 3.05) is 13.3 Å². The van der Waals surface area contributed by atoms with Crippen LogP contribution in [-0.4, -0.2) is 24.4 Å². The van der Waals surface area contributed by atoms with Crippen LogP contribution >= 0.6 is 0 Å². The lowest BCUT2D eigenvalue weighted by Gasteiger charge is -2.11. The summed E-state index contributed by atoms with van der Waals surface area (Å²) in [6, 6.07) is 11.3. The van der Waals surface area contributed by atoms with Crippen molar-refractivity contribution in [3.63, 3.8) is 0 Å². The molecule has 0 saturated carbocycles. The van der Waals surface area contributed by atoms with Crippen molar-refractivity contribution in [2.24, 2.45) is 0 Å². The highest BCUT2D eigenvalue weighted by Crippen LogP contribution is 2.29. The number of fused-ring (bicyclic) bond motifs is 1. The van der Waals surface area contributed by atoms with Crippen LogP contribution in [0.3, 0.4) is 0 Å². The first kappa shape index (κ1) is 14.1. The van der Waals surface area contributed by atoms with Gasteiger partial charge in [0.15, 0.2) is 0 Å². The number of benzene rings is 2. The van der Waals surface area contributed by atoms with Gasteiger partial charge in [-0.15, -0.1) is 0 Å². The number of carboxylic acid groups (broad SMARTS) is 1. The van der Waals surface area contributed by atoms with E-state index in [1.54, 1.807) is 6.07 Å². The van der Waals surface area contributed by atoms with Crippen molar-refractivity contribution in [3.8, 4) is 5.75 Å². The van der Waals surface area contributed by atoms with Crippen molar-refractivity contribution < 1.29 is 19.0 Å². The first-order valence-electron chi connectivity index (χ1n) is 6.34. The van der Waals surface area contributed by atoms with E-state index >= 15 is 0 Å². The van der Waals surface area contributed by atoms with E-state index in [0.29, 0.717) is 17.7 Å². The molecule has 2 aromatic carbocycles. The quantitative estimate of drug-likeness (QED) is 0.645. The zero-order chi connectivity index (χ0) is 14.4. The van der Waals surface area contributed by atoms with Gasteiger partial charge in [0.25, 0.3) is 0 Å². The van der Waals surface area contributed by atoms with Crippen LogP contribution in [0, 0.1) is 0 Å². The van der Waals surface area contributed by atoms with E-state index in [0.717, 1.165) is 16.8 Å². The molecule has 0 radical (unpaired) electrons. The highest BCUT2D eigenvalue weighted by atomic mass is 19.1. The van der Waals surface area contributed by atoms with E-state index in [-0.39, 0.29) is 6.61 Å². The number of carboxylic acids is 1. The summed E-state index contributed by atoms with van der Waals surface area (Å²) < 4.78 is 17.7. The number of aliphatic carboxylic acids is 1. The van der Waals surface area contributed by atoms with Gasteiger partial charge in [0, 0.05) is 18.1 Å². The molecule has 2 aromatic rings. The van der Waals surface area contributed by atoms with Gasteiger partial charge in [-0.2, -0.15) is 0 Å². The van der Waals surface area contributed by atoms with Crippen molar-refractivity contribution >= 4 is 22.8 Å². The molecular weight excluding hydrogens is 259 g/mol. The molecule has 0 aromatic heterocycles. The number of ether oxygens (including phenoxy) is 1. The summed E-state index contributed by atoms with van der Waals surface area (Å²) in [6.07, 6.45) is 2.90. The zero-order valence-corrected chi connectivity index (χ0v) is 10.9. The fraction of sp³-hybridized carbons (Fsp3) is 0.188. The molecule has 0 spiro atoms. The number of halogens is 1. The van der Waals surface area contributed by atoms with Gasteiger partial charge in [-0.1, -0.05) is 30.3 Å². The third kappa shape index (κ3) is 3.35. The normalized spacial score (nSPS) is 11.1. The molecule has 0 amide bonds. The Morgan fingerprint density at radius 3 is 2.80 bits per heavy atom. The molecule has 0 aliphatic rings. The predicted molar refractivity (Wildman–Crippen MR) is 76.7 cm³/mol. The van der Waals surface area contributed by atoms with Gasteiger partial charge >= 0.3 is 5.97 Å². The Labute approximate surface area is 116 Å². The molecule has 2 rings (SSSR count). The van der Waals surface area contributed by atoms with E-state index in [9.17, 15) is 9.18 Å². The Balaban J connectivity index is 2.44. The maximum absolute atomic E-state index is 12.1. The second-order valence-corrected chi connectivity index (χ2v) is 4.26. The summed E-state index contributed by atoms with van der Waals surface area (Å²) in [5, 5.41) is 10.7. The molecule has 20 heavy (non-hydrogen) atoms. The number of carbonyl (C=O) groups is 1. The molecule has 0 heterocycles. The minimum Gasteiger partial charge on any atom is -0.493 e. The second kappa shape index (κ2) is 6.70. The van der Waals surface area contributed by atoms with Crippen molar-refractivity contribution in [1.82, 2.24) is 0 Å². The maximum Gasteiger partial charge on any atom is 0.328 e. The van der Waals surface area contributed by atoms with Crippen LogP contribution in [0.15, 0.2) is 42.5 Å². The fourth-order valence-electron chi connectivity index (χ4n) is 1.96. The molecule has 104 valence electrons. The monoisotopic (exact) mass is 274 g/mol. The highest BCUT2D eigenvalue weighted by Gasteiger charge is 2.06. The van der Waals surface area contributed by atoms with E-state index in [1.165, 1.54) is 6.08 Å². The first-order valence-corrected chi connectivity index (χ1v) is 6.34. The third-order valence-corrected chi connectivity index (χ3v) is 2.86. The van der Waals surface area contributed by atoms with Gasteiger partial charge in [0.2, 0.25) is 0 Å². The van der Waals surface area contributed by atoms with Crippen molar-refractivity contribution in [1.29, 1.82) is 0 Å². The lowest BCUT2D eigenvalue weighted by Crippen LogP contribution is -2.00. The van der Waals surface area contributed by atoms with Crippen LogP contribution in [0.25, 0.3) is 16.8 Å². The smallest absolute Gasteiger partial charge is 0.328 e. The van der Waals surface area contributed by atoms with Gasteiger partial charge in [-0.05, 0) is 22.9 Å². The van der Waals surface area contributed by atoms with Crippen LogP contribution < -0.4 is 4.74 Å². The molecule has 0 atom stereocenters. The van der Waals surface area contributed by atoms with Gasteiger partial charge in [-0.25, -0.2) is 4.79 Å². The molecule has 0 aliphatic heterocycles. The average Bonchev–Trinajstić information content (AvgIpc) is 2.45. The Morgan fingerprint density at radius 2 is 2.05 bits per heavy atom. The van der Waals surface area contributed by atoms with Crippen LogP contribution in [0.2, 0.25) is 0 Å². The Kier molecular flexibility index (Phi) is 4.71. The number of hydrogen-bond acceptors (Lipinski definition) is 2. The highest BCUT2D eigenvalue weighted by molar-refractivity contribution is 5.96. The molecular formula is C16H15FO3. The van der Waals surface area contributed by atoms with Gasteiger partial charge in [0.1, 0.15) is 5.75 Å². The summed E-state index contributed by atoms with van der Waals surface area (Å²) >= 11 is 0. The topological polar surface area (TPSA) is 46.5 Å². The summed E-state index contributed by atoms with van der Waals surface area (Å²) in [7, 11) is 0. The van der Waals surface area contributed by atoms with E-state index in [2.05, 4.69) is 0 Å². The minimum atomic E-state index is -1.02. The Hall–Kier alpha value is -2.36. The zero-order valence-electron chi connectivity index (χ0n) is 10.9. The molecule has 0 bridgehead atoms. The minimum absolute atomic E-state index is 0.267. The van der Waals surface area contributed by atoms with Crippen molar-refractivity contribution in [2.45, 2.75) is 6.42 Å². The molecule has 0 aliphatic carbocycles. The lowest BCUT2D eigenvalue weighted by atomic mass is 10.0. The number of alkyl halides is 1. The van der Waals surface area contributed by atoms with Crippen molar-refractivity contribution in [3.05, 3.63) is 48.0 Å². The molecule has 4 heteroatoms. The van der Waals surface area contributed by atoms with Gasteiger partial charge < -0.3 is 9.84 Å². The summed E-state index contributed by atoms with van der Waals surface area (Å²) in [5.41, 5.74) is 0.698. The van der Waals surface area contributed by atoms with Crippen LogP contribution in [0.4, 0.5) is 4.39 Å².